The molecule has 0 aromatic heterocycles. The van der Waals surface area contributed by atoms with Gasteiger partial charge in [0.15, 0.2) is 17.3 Å². The van der Waals surface area contributed by atoms with Gasteiger partial charge in [0.1, 0.15) is 11.5 Å². The molecular formula is C34H22F3NO3. The third kappa shape index (κ3) is 3.44. The molecule has 1 saturated heterocycles. The Labute approximate surface area is 233 Å². The number of anilines is 1. The summed E-state index contributed by atoms with van der Waals surface area (Å²) in [6.07, 6.45) is -0.931. The molecule has 3 aliphatic rings. The Morgan fingerprint density at radius 1 is 0.732 bits per heavy atom. The van der Waals surface area contributed by atoms with Crippen LogP contribution < -0.4 is 4.90 Å². The van der Waals surface area contributed by atoms with Crippen molar-refractivity contribution in [2.75, 3.05) is 4.90 Å². The van der Waals surface area contributed by atoms with Gasteiger partial charge in [0, 0.05) is 28.3 Å². The largest absolute Gasteiger partial charge is 0.416 e. The Morgan fingerprint density at radius 2 is 1.32 bits per heavy atom. The SMILES string of the molecule is O=C(c1ccccc1)[C@H]1[C@H](c2ccc(C(F)(F)F)cc2)C2(C(=O)c3ccccc3C2=O)C2C=Cc3ccccc3N21. The molecular weight excluding hydrogens is 527 g/mol. The Bertz CT molecular complexity index is 1720. The van der Waals surface area contributed by atoms with Gasteiger partial charge in [-0.25, -0.2) is 0 Å². The summed E-state index contributed by atoms with van der Waals surface area (Å²) >= 11 is 0. The predicted octanol–water partition coefficient (Wildman–Crippen LogP) is 7.02. The number of para-hydroxylation sites is 1. The summed E-state index contributed by atoms with van der Waals surface area (Å²) in [7, 11) is 0. The van der Waals surface area contributed by atoms with Crippen molar-refractivity contribution in [3.05, 3.63) is 143 Å². The minimum Gasteiger partial charge on any atom is -0.352 e. The summed E-state index contributed by atoms with van der Waals surface area (Å²) in [6.45, 7) is 0. The number of carbonyl (C=O) groups is 3. The van der Waals surface area contributed by atoms with E-state index < -0.39 is 46.7 Å². The number of Topliss-reactive ketones (excluding diaryl/α,β-unsaturated/α-hetero) is 3. The first-order valence-electron chi connectivity index (χ1n) is 13.2. The van der Waals surface area contributed by atoms with Crippen LogP contribution in [0.4, 0.5) is 18.9 Å². The van der Waals surface area contributed by atoms with Crippen LogP contribution in [0.25, 0.3) is 6.08 Å². The number of nitrogens with zero attached hydrogens (tertiary/aromatic N) is 1. The zero-order valence-corrected chi connectivity index (χ0v) is 21.5. The molecule has 1 unspecified atom stereocenters. The van der Waals surface area contributed by atoms with Crippen LogP contribution in [0.15, 0.2) is 109 Å². The normalized spacial score (nSPS) is 22.0. The summed E-state index contributed by atoms with van der Waals surface area (Å²) in [5.74, 6) is -2.24. The van der Waals surface area contributed by atoms with E-state index in [4.69, 9.17) is 0 Å². The molecule has 2 heterocycles. The van der Waals surface area contributed by atoms with Crippen LogP contribution in [0.5, 0.6) is 0 Å². The average molecular weight is 550 g/mol. The minimum absolute atomic E-state index is 0.259. The van der Waals surface area contributed by atoms with E-state index in [0.29, 0.717) is 16.8 Å². The fraction of sp³-hybridized carbons (Fsp3) is 0.147. The smallest absolute Gasteiger partial charge is 0.352 e. The number of ketones is 3. The molecule has 0 saturated carbocycles. The van der Waals surface area contributed by atoms with Crippen molar-refractivity contribution in [1.29, 1.82) is 0 Å². The molecule has 3 atom stereocenters. The van der Waals surface area contributed by atoms with Crippen molar-refractivity contribution in [2.24, 2.45) is 5.41 Å². The molecule has 4 aromatic carbocycles. The highest BCUT2D eigenvalue weighted by atomic mass is 19.4. The van der Waals surface area contributed by atoms with Crippen molar-refractivity contribution in [2.45, 2.75) is 24.2 Å². The van der Waals surface area contributed by atoms with Crippen molar-refractivity contribution in [3.8, 4) is 0 Å². The molecule has 202 valence electrons. The molecule has 2 aliphatic heterocycles. The van der Waals surface area contributed by atoms with Gasteiger partial charge >= 0.3 is 6.18 Å². The van der Waals surface area contributed by atoms with Crippen molar-refractivity contribution < 1.29 is 27.6 Å². The number of carbonyl (C=O) groups excluding carboxylic acids is 3. The van der Waals surface area contributed by atoms with Crippen LogP contribution in [0.1, 0.15) is 53.7 Å². The highest BCUT2D eigenvalue weighted by molar-refractivity contribution is 6.32. The molecule has 0 N–H and O–H groups in total. The molecule has 4 nitrogen and oxygen atoms in total. The van der Waals surface area contributed by atoms with Gasteiger partial charge in [-0.15, -0.1) is 0 Å². The van der Waals surface area contributed by atoms with E-state index >= 15 is 0 Å². The topological polar surface area (TPSA) is 54.5 Å². The van der Waals surface area contributed by atoms with Crippen LogP contribution in [0.3, 0.4) is 0 Å². The first kappa shape index (κ1) is 25.2. The van der Waals surface area contributed by atoms with Crippen LogP contribution in [-0.2, 0) is 6.18 Å². The first-order valence-corrected chi connectivity index (χ1v) is 13.2. The molecule has 1 spiro atoms. The Kier molecular flexibility index (Phi) is 5.45. The number of alkyl halides is 3. The standard InChI is InChI=1S/C34H22F3NO3/c35-34(36,37)23-17-14-21(15-18-23)28-29(30(39)22-9-2-1-3-10-22)38-26-13-7-4-8-20(26)16-19-27(38)33(28)31(40)24-11-5-6-12-25(24)32(33)41/h1-19,27-29H/t27?,28-,29+/m0/s1. The van der Waals surface area contributed by atoms with E-state index in [-0.39, 0.29) is 16.9 Å². The van der Waals surface area contributed by atoms with Crippen molar-refractivity contribution in [1.82, 2.24) is 0 Å². The van der Waals surface area contributed by atoms with E-state index in [1.165, 1.54) is 12.1 Å². The molecule has 41 heavy (non-hydrogen) atoms. The minimum atomic E-state index is -4.57. The summed E-state index contributed by atoms with van der Waals surface area (Å²) in [6, 6.07) is 25.2. The number of halogens is 3. The molecule has 1 aliphatic carbocycles. The maximum atomic E-state index is 14.5. The molecule has 7 heteroatoms. The molecule has 1 fully saturated rings. The molecule has 0 amide bonds. The zero-order chi connectivity index (χ0) is 28.5. The maximum Gasteiger partial charge on any atom is 0.416 e. The summed E-state index contributed by atoms with van der Waals surface area (Å²) in [5, 5.41) is 0. The third-order valence-electron chi connectivity index (χ3n) is 8.64. The van der Waals surface area contributed by atoms with Gasteiger partial charge in [-0.05, 0) is 29.3 Å². The number of rotatable bonds is 3. The number of hydrogen-bond donors (Lipinski definition) is 0. The van der Waals surface area contributed by atoms with E-state index in [1.54, 1.807) is 60.7 Å². The molecule has 7 rings (SSSR count). The van der Waals surface area contributed by atoms with E-state index in [2.05, 4.69) is 0 Å². The van der Waals surface area contributed by atoms with Gasteiger partial charge in [-0.2, -0.15) is 13.2 Å². The second kappa shape index (κ2) is 8.86. The van der Waals surface area contributed by atoms with E-state index in [9.17, 15) is 27.6 Å². The van der Waals surface area contributed by atoms with Crippen molar-refractivity contribution in [3.63, 3.8) is 0 Å². The maximum absolute atomic E-state index is 14.5. The van der Waals surface area contributed by atoms with Gasteiger partial charge in [0.05, 0.1) is 11.6 Å². The lowest BCUT2D eigenvalue weighted by Crippen LogP contribution is -2.48. The van der Waals surface area contributed by atoms with Gasteiger partial charge < -0.3 is 4.90 Å². The second-order valence-corrected chi connectivity index (χ2v) is 10.6. The van der Waals surface area contributed by atoms with Gasteiger partial charge in [0.25, 0.3) is 0 Å². The highest BCUT2D eigenvalue weighted by Crippen LogP contribution is 2.61. The van der Waals surface area contributed by atoms with Crippen molar-refractivity contribution >= 4 is 29.1 Å². The fourth-order valence-corrected chi connectivity index (χ4v) is 6.94. The lowest BCUT2D eigenvalue weighted by atomic mass is 9.64. The Morgan fingerprint density at radius 3 is 1.95 bits per heavy atom. The third-order valence-corrected chi connectivity index (χ3v) is 8.64. The second-order valence-electron chi connectivity index (χ2n) is 10.6. The van der Waals surface area contributed by atoms with Crippen LogP contribution in [-0.4, -0.2) is 29.4 Å². The van der Waals surface area contributed by atoms with Crippen LogP contribution in [0, 0.1) is 5.41 Å². The van der Waals surface area contributed by atoms with E-state index in [1.807, 2.05) is 35.2 Å². The van der Waals surface area contributed by atoms with Gasteiger partial charge in [0.2, 0.25) is 0 Å². The Hall–Kier alpha value is -4.78. The number of hydrogen-bond acceptors (Lipinski definition) is 4. The highest BCUT2D eigenvalue weighted by Gasteiger charge is 2.71. The molecule has 4 aromatic rings. The lowest BCUT2D eigenvalue weighted by molar-refractivity contribution is -0.137. The lowest BCUT2D eigenvalue weighted by Gasteiger charge is -2.37. The Balaban J connectivity index is 1.53. The van der Waals surface area contributed by atoms with Gasteiger partial charge in [-0.1, -0.05) is 97.1 Å². The van der Waals surface area contributed by atoms with Crippen LogP contribution >= 0.6 is 0 Å². The molecule has 0 bridgehead atoms. The molecule has 0 radical (unpaired) electrons. The summed E-state index contributed by atoms with van der Waals surface area (Å²) < 4.78 is 40.6. The van der Waals surface area contributed by atoms with E-state index in [0.717, 1.165) is 17.7 Å². The number of benzene rings is 4. The van der Waals surface area contributed by atoms with Crippen LogP contribution in [0.2, 0.25) is 0 Å². The summed E-state index contributed by atoms with van der Waals surface area (Å²) in [5.41, 5.74) is 0.101. The summed E-state index contributed by atoms with van der Waals surface area (Å²) in [4.78, 5) is 45.4. The quantitative estimate of drug-likeness (QED) is 0.204. The number of fused-ring (bicyclic) bond motifs is 5. The van der Waals surface area contributed by atoms with Gasteiger partial charge in [-0.3, -0.25) is 14.4 Å². The zero-order valence-electron chi connectivity index (χ0n) is 21.5. The average Bonchev–Trinajstić information content (AvgIpc) is 3.43. The fourth-order valence-electron chi connectivity index (χ4n) is 6.94. The predicted molar refractivity (Wildman–Crippen MR) is 148 cm³/mol. The first-order chi connectivity index (χ1) is 19.7. The monoisotopic (exact) mass is 549 g/mol.